The van der Waals surface area contributed by atoms with Gasteiger partial charge in [-0.2, -0.15) is 0 Å². The van der Waals surface area contributed by atoms with Gasteiger partial charge in [0.25, 0.3) is 5.91 Å². The van der Waals surface area contributed by atoms with Crippen LogP contribution in [0.25, 0.3) is 0 Å². The van der Waals surface area contributed by atoms with E-state index in [4.69, 9.17) is 5.73 Å². The smallest absolute Gasteiger partial charge is 0.251 e. The molecular weight excluding hydrogens is 272 g/mol. The van der Waals surface area contributed by atoms with E-state index in [0.717, 1.165) is 0 Å². The fourth-order valence-electron chi connectivity index (χ4n) is 1.55. The van der Waals surface area contributed by atoms with Gasteiger partial charge in [0.2, 0.25) is 11.8 Å². The lowest BCUT2D eigenvalue weighted by molar-refractivity contribution is -0.129. The van der Waals surface area contributed by atoms with Gasteiger partial charge in [0.05, 0.1) is 6.54 Å². The van der Waals surface area contributed by atoms with E-state index in [0.29, 0.717) is 17.8 Å². The summed E-state index contributed by atoms with van der Waals surface area (Å²) >= 11 is 0. The molecule has 0 unspecified atom stereocenters. The van der Waals surface area contributed by atoms with Crippen LogP contribution in [0.15, 0.2) is 24.3 Å². The highest BCUT2D eigenvalue weighted by Crippen LogP contribution is 2.04. The van der Waals surface area contributed by atoms with Crippen LogP contribution < -0.4 is 16.4 Å². The molecule has 0 aliphatic rings. The highest BCUT2D eigenvalue weighted by atomic mass is 16.2. The minimum atomic E-state index is -0.344. The normalized spacial score (nSPS) is 9.81. The van der Waals surface area contributed by atoms with E-state index in [9.17, 15) is 14.4 Å². The minimum Gasteiger partial charge on any atom is -0.399 e. The number of rotatable bonds is 6. The first-order chi connectivity index (χ1) is 9.93. The number of carbonyl (C=O) groups excluding carboxylic acids is 3. The third-order valence-electron chi connectivity index (χ3n) is 2.95. The first kappa shape index (κ1) is 16.5. The fourth-order valence-corrected chi connectivity index (χ4v) is 1.55. The maximum Gasteiger partial charge on any atom is 0.251 e. The van der Waals surface area contributed by atoms with Gasteiger partial charge < -0.3 is 21.3 Å². The van der Waals surface area contributed by atoms with Crippen molar-refractivity contribution < 1.29 is 14.4 Å². The van der Waals surface area contributed by atoms with E-state index in [-0.39, 0.29) is 30.7 Å². The second-order valence-electron chi connectivity index (χ2n) is 4.54. The zero-order valence-electron chi connectivity index (χ0n) is 12.2. The van der Waals surface area contributed by atoms with Crippen LogP contribution in [-0.2, 0) is 9.59 Å². The third kappa shape index (κ3) is 5.52. The second-order valence-corrected chi connectivity index (χ2v) is 4.54. The van der Waals surface area contributed by atoms with Crippen molar-refractivity contribution in [3.63, 3.8) is 0 Å². The van der Waals surface area contributed by atoms with Crippen molar-refractivity contribution in [3.05, 3.63) is 29.8 Å². The van der Waals surface area contributed by atoms with Gasteiger partial charge in [-0.05, 0) is 24.3 Å². The van der Waals surface area contributed by atoms with Gasteiger partial charge in [-0.3, -0.25) is 14.4 Å². The Hall–Kier alpha value is -2.57. The van der Waals surface area contributed by atoms with Crippen molar-refractivity contribution in [2.24, 2.45) is 0 Å². The zero-order valence-corrected chi connectivity index (χ0v) is 12.2. The molecule has 0 saturated carbocycles. The van der Waals surface area contributed by atoms with Crippen LogP contribution in [0.2, 0.25) is 0 Å². The molecule has 0 saturated heterocycles. The molecule has 0 atom stereocenters. The SMILES string of the molecule is CNC(=O)CCN(C)C(=O)CNC(=O)c1ccc(N)cc1. The average molecular weight is 292 g/mol. The zero-order chi connectivity index (χ0) is 15.8. The molecular formula is C14H20N4O3. The van der Waals surface area contributed by atoms with Crippen molar-refractivity contribution >= 4 is 23.4 Å². The Morgan fingerprint density at radius 1 is 1.19 bits per heavy atom. The molecule has 1 rings (SSSR count). The summed E-state index contributed by atoms with van der Waals surface area (Å²) < 4.78 is 0. The molecule has 7 nitrogen and oxygen atoms in total. The van der Waals surface area contributed by atoms with E-state index in [1.807, 2.05) is 0 Å². The summed E-state index contributed by atoms with van der Waals surface area (Å²) in [4.78, 5) is 36.1. The van der Waals surface area contributed by atoms with Crippen LogP contribution in [0.5, 0.6) is 0 Å². The van der Waals surface area contributed by atoms with Crippen molar-refractivity contribution in [2.75, 3.05) is 32.9 Å². The standard InChI is InChI=1S/C14H20N4O3/c1-16-12(19)7-8-18(2)13(20)9-17-14(21)10-3-5-11(15)6-4-10/h3-6H,7-9,15H2,1-2H3,(H,16,19)(H,17,21). The van der Waals surface area contributed by atoms with Crippen LogP contribution in [0.3, 0.4) is 0 Å². The summed E-state index contributed by atoms with van der Waals surface area (Å²) in [5, 5.41) is 5.01. The third-order valence-corrected chi connectivity index (χ3v) is 2.95. The van der Waals surface area contributed by atoms with Gasteiger partial charge >= 0.3 is 0 Å². The predicted octanol–water partition coefficient (Wildman–Crippen LogP) is -0.407. The molecule has 4 N–H and O–H groups in total. The van der Waals surface area contributed by atoms with E-state index < -0.39 is 0 Å². The van der Waals surface area contributed by atoms with Crippen molar-refractivity contribution in [2.45, 2.75) is 6.42 Å². The number of nitrogens with two attached hydrogens (primary N) is 1. The summed E-state index contributed by atoms with van der Waals surface area (Å²) in [5.74, 6) is -0.744. The Bertz CT molecular complexity index is 513. The van der Waals surface area contributed by atoms with Crippen LogP contribution >= 0.6 is 0 Å². The number of hydrogen-bond acceptors (Lipinski definition) is 4. The molecule has 3 amide bonds. The van der Waals surface area contributed by atoms with Gasteiger partial charge in [-0.1, -0.05) is 0 Å². The summed E-state index contributed by atoms with van der Waals surface area (Å²) in [6, 6.07) is 6.41. The van der Waals surface area contributed by atoms with Crippen molar-refractivity contribution in [3.8, 4) is 0 Å². The Balaban J connectivity index is 2.39. The molecule has 1 aromatic rings. The summed E-state index contributed by atoms with van der Waals surface area (Å²) in [7, 11) is 3.12. The lowest BCUT2D eigenvalue weighted by Crippen LogP contribution is -2.39. The molecule has 0 aliphatic heterocycles. The lowest BCUT2D eigenvalue weighted by atomic mass is 10.2. The fraction of sp³-hybridized carbons (Fsp3) is 0.357. The number of hydrogen-bond donors (Lipinski definition) is 3. The molecule has 0 heterocycles. The Kier molecular flexibility index (Phi) is 6.19. The molecule has 21 heavy (non-hydrogen) atoms. The van der Waals surface area contributed by atoms with Gasteiger partial charge in [0, 0.05) is 38.3 Å². The largest absolute Gasteiger partial charge is 0.399 e. The maximum absolute atomic E-state index is 11.8. The monoisotopic (exact) mass is 292 g/mol. The number of nitrogens with zero attached hydrogens (tertiary/aromatic N) is 1. The number of carbonyl (C=O) groups is 3. The number of benzene rings is 1. The van der Waals surface area contributed by atoms with Crippen LogP contribution in [-0.4, -0.2) is 49.8 Å². The molecule has 0 radical (unpaired) electrons. The van der Waals surface area contributed by atoms with E-state index in [1.54, 1.807) is 31.3 Å². The lowest BCUT2D eigenvalue weighted by Gasteiger charge is -2.17. The van der Waals surface area contributed by atoms with Gasteiger partial charge in [-0.15, -0.1) is 0 Å². The molecule has 114 valence electrons. The maximum atomic E-state index is 11.8. The number of anilines is 1. The van der Waals surface area contributed by atoms with E-state index in [1.165, 1.54) is 11.9 Å². The molecule has 0 aromatic heterocycles. The first-order valence-electron chi connectivity index (χ1n) is 6.52. The minimum absolute atomic E-state index is 0.118. The molecule has 1 aromatic carbocycles. The molecule has 0 aliphatic carbocycles. The quantitative estimate of drug-likeness (QED) is 0.620. The summed E-state index contributed by atoms with van der Waals surface area (Å²) in [6.07, 6.45) is 0.227. The van der Waals surface area contributed by atoms with E-state index in [2.05, 4.69) is 10.6 Å². The Morgan fingerprint density at radius 3 is 2.38 bits per heavy atom. The van der Waals surface area contributed by atoms with E-state index >= 15 is 0 Å². The predicted molar refractivity (Wildman–Crippen MR) is 79.5 cm³/mol. The highest BCUT2D eigenvalue weighted by molar-refractivity contribution is 5.96. The van der Waals surface area contributed by atoms with Gasteiger partial charge in [0.1, 0.15) is 0 Å². The Morgan fingerprint density at radius 2 is 1.81 bits per heavy atom. The number of amides is 3. The first-order valence-corrected chi connectivity index (χ1v) is 6.52. The van der Waals surface area contributed by atoms with Gasteiger partial charge in [0.15, 0.2) is 0 Å². The molecule has 0 fully saturated rings. The molecule has 7 heteroatoms. The van der Waals surface area contributed by atoms with Crippen LogP contribution in [0.4, 0.5) is 5.69 Å². The van der Waals surface area contributed by atoms with Crippen molar-refractivity contribution in [1.82, 2.24) is 15.5 Å². The number of likely N-dealkylation sites (N-methyl/N-ethyl adjacent to an activating group) is 1. The summed E-state index contributed by atoms with van der Waals surface area (Å²) in [6.45, 7) is 0.184. The topological polar surface area (TPSA) is 105 Å². The molecule has 0 spiro atoms. The highest BCUT2D eigenvalue weighted by Gasteiger charge is 2.12. The average Bonchev–Trinajstić information content (AvgIpc) is 2.50. The number of nitrogens with one attached hydrogen (secondary N) is 2. The Labute approximate surface area is 123 Å². The van der Waals surface area contributed by atoms with Gasteiger partial charge in [-0.25, -0.2) is 0 Å². The van der Waals surface area contributed by atoms with Crippen LogP contribution in [0, 0.1) is 0 Å². The molecule has 0 bridgehead atoms. The summed E-state index contributed by atoms with van der Waals surface area (Å²) in [5.41, 5.74) is 6.53. The second kappa shape index (κ2) is 7.88. The van der Waals surface area contributed by atoms with Crippen LogP contribution in [0.1, 0.15) is 16.8 Å². The van der Waals surface area contributed by atoms with Crippen molar-refractivity contribution in [1.29, 1.82) is 0 Å². The number of nitrogen functional groups attached to an aromatic ring is 1.